The van der Waals surface area contributed by atoms with Gasteiger partial charge in [-0.2, -0.15) is 0 Å². The number of ether oxygens (including phenoxy) is 1. The number of halogens is 1. The van der Waals surface area contributed by atoms with E-state index in [0.717, 1.165) is 9.37 Å². The van der Waals surface area contributed by atoms with Crippen molar-refractivity contribution in [1.29, 1.82) is 0 Å². The Morgan fingerprint density at radius 2 is 1.95 bits per heavy atom. The molecule has 0 spiro atoms. The van der Waals surface area contributed by atoms with E-state index in [2.05, 4.69) is 20.7 Å². The smallest absolute Gasteiger partial charge is 0.307 e. The maximum absolute atomic E-state index is 11.8. The molecular formula is C13H16BrNO3S. The number of thioether (sulfide) groups is 1. The summed E-state index contributed by atoms with van der Waals surface area (Å²) in [6.07, 6.45) is 0.224. The van der Waals surface area contributed by atoms with Gasteiger partial charge in [-0.25, -0.2) is 0 Å². The van der Waals surface area contributed by atoms with Crippen LogP contribution in [0, 0.1) is 0 Å². The third-order valence-electron chi connectivity index (χ3n) is 2.48. The van der Waals surface area contributed by atoms with Gasteiger partial charge in [0, 0.05) is 23.0 Å². The van der Waals surface area contributed by atoms with Crippen LogP contribution in [0.15, 0.2) is 33.6 Å². The second kappa shape index (κ2) is 8.22. The van der Waals surface area contributed by atoms with E-state index in [9.17, 15) is 9.59 Å². The van der Waals surface area contributed by atoms with Crippen LogP contribution in [0.3, 0.4) is 0 Å². The zero-order valence-corrected chi connectivity index (χ0v) is 13.3. The zero-order valence-electron chi connectivity index (χ0n) is 10.9. The van der Waals surface area contributed by atoms with Gasteiger partial charge in [0.05, 0.1) is 19.3 Å². The highest BCUT2D eigenvalue weighted by atomic mass is 79.9. The van der Waals surface area contributed by atoms with Crippen molar-refractivity contribution < 1.29 is 14.3 Å². The fraction of sp³-hybridized carbons (Fsp3) is 0.385. The largest absolute Gasteiger partial charge is 0.469 e. The summed E-state index contributed by atoms with van der Waals surface area (Å²) in [5.41, 5.74) is 0. The van der Waals surface area contributed by atoms with Crippen molar-refractivity contribution in [2.45, 2.75) is 11.3 Å². The highest BCUT2D eigenvalue weighted by Crippen LogP contribution is 2.20. The molecule has 0 aliphatic carbocycles. The first-order valence-electron chi connectivity index (χ1n) is 5.72. The van der Waals surface area contributed by atoms with Crippen molar-refractivity contribution in [3.63, 3.8) is 0 Å². The van der Waals surface area contributed by atoms with Crippen LogP contribution in [0.5, 0.6) is 0 Å². The molecule has 0 aromatic heterocycles. The highest BCUT2D eigenvalue weighted by molar-refractivity contribution is 9.10. The minimum absolute atomic E-state index is 0.00294. The van der Waals surface area contributed by atoms with E-state index in [1.54, 1.807) is 11.9 Å². The Kier molecular flexibility index (Phi) is 6.94. The zero-order chi connectivity index (χ0) is 14.3. The first-order valence-corrected chi connectivity index (χ1v) is 7.50. The molecule has 0 N–H and O–H groups in total. The van der Waals surface area contributed by atoms with Crippen molar-refractivity contribution in [3.8, 4) is 0 Å². The van der Waals surface area contributed by atoms with Crippen LogP contribution in [0.2, 0.25) is 0 Å². The van der Waals surface area contributed by atoms with E-state index < -0.39 is 0 Å². The van der Waals surface area contributed by atoms with Crippen LogP contribution in [0.25, 0.3) is 0 Å². The standard InChI is InChI=1S/C13H16BrNO3S/c1-15(8-7-13(17)18-2)12(16)9-19-11-5-3-10(14)4-6-11/h3-6H,7-9H2,1-2H3. The van der Waals surface area contributed by atoms with E-state index in [1.807, 2.05) is 24.3 Å². The third kappa shape index (κ3) is 6.11. The third-order valence-corrected chi connectivity index (χ3v) is 4.01. The number of amides is 1. The lowest BCUT2D eigenvalue weighted by molar-refractivity contribution is -0.141. The van der Waals surface area contributed by atoms with Crippen LogP contribution < -0.4 is 0 Å². The Balaban J connectivity index is 2.34. The van der Waals surface area contributed by atoms with Crippen LogP contribution in [-0.2, 0) is 14.3 Å². The van der Waals surface area contributed by atoms with Gasteiger partial charge < -0.3 is 9.64 Å². The highest BCUT2D eigenvalue weighted by Gasteiger charge is 2.11. The molecule has 4 nitrogen and oxygen atoms in total. The second-order valence-corrected chi connectivity index (χ2v) is 5.85. The van der Waals surface area contributed by atoms with Crippen molar-refractivity contribution in [2.24, 2.45) is 0 Å². The van der Waals surface area contributed by atoms with Gasteiger partial charge in [0.15, 0.2) is 0 Å². The van der Waals surface area contributed by atoms with Gasteiger partial charge in [0.1, 0.15) is 0 Å². The van der Waals surface area contributed by atoms with Crippen molar-refractivity contribution in [2.75, 3.05) is 26.5 Å². The molecule has 1 aromatic carbocycles. The molecule has 1 amide bonds. The number of methoxy groups -OCH3 is 1. The lowest BCUT2D eigenvalue weighted by Gasteiger charge is -2.16. The Bertz CT molecular complexity index is 436. The molecule has 0 aliphatic rings. The Labute approximate surface area is 125 Å². The second-order valence-electron chi connectivity index (χ2n) is 3.88. The maximum atomic E-state index is 11.8. The molecule has 104 valence electrons. The van der Waals surface area contributed by atoms with Gasteiger partial charge in [-0.05, 0) is 24.3 Å². The fourth-order valence-electron chi connectivity index (χ4n) is 1.27. The summed E-state index contributed by atoms with van der Waals surface area (Å²) in [6, 6.07) is 7.79. The number of carbonyl (C=O) groups is 2. The Morgan fingerprint density at radius 3 is 2.53 bits per heavy atom. The van der Waals surface area contributed by atoms with Gasteiger partial charge in [0.25, 0.3) is 0 Å². The normalized spacial score (nSPS) is 10.1. The number of hydrogen-bond acceptors (Lipinski definition) is 4. The SMILES string of the molecule is COC(=O)CCN(C)C(=O)CSc1ccc(Br)cc1. The lowest BCUT2D eigenvalue weighted by atomic mass is 10.4. The summed E-state index contributed by atoms with van der Waals surface area (Å²) in [5.74, 6) is 0.0521. The number of hydrogen-bond donors (Lipinski definition) is 0. The lowest BCUT2D eigenvalue weighted by Crippen LogP contribution is -2.30. The van der Waals surface area contributed by atoms with Gasteiger partial charge in [-0.3, -0.25) is 9.59 Å². The molecule has 0 saturated carbocycles. The predicted molar refractivity (Wildman–Crippen MR) is 79.1 cm³/mol. The van der Waals surface area contributed by atoms with Gasteiger partial charge in [-0.1, -0.05) is 15.9 Å². The van der Waals surface area contributed by atoms with Crippen molar-refractivity contribution in [1.82, 2.24) is 4.90 Å². The molecule has 0 atom stereocenters. The molecule has 0 fully saturated rings. The fourth-order valence-corrected chi connectivity index (χ4v) is 2.38. The number of benzene rings is 1. The Morgan fingerprint density at radius 1 is 1.32 bits per heavy atom. The van der Waals surface area contributed by atoms with Gasteiger partial charge in [0.2, 0.25) is 5.91 Å². The number of nitrogens with zero attached hydrogens (tertiary/aromatic N) is 1. The Hall–Kier alpha value is -1.01. The van der Waals surface area contributed by atoms with E-state index in [4.69, 9.17) is 0 Å². The molecule has 1 aromatic rings. The minimum atomic E-state index is -0.305. The summed E-state index contributed by atoms with van der Waals surface area (Å²) >= 11 is 4.84. The molecule has 1 rings (SSSR count). The molecule has 0 radical (unpaired) electrons. The quantitative estimate of drug-likeness (QED) is 0.587. The van der Waals surface area contributed by atoms with Crippen LogP contribution in [0.1, 0.15) is 6.42 Å². The molecule has 0 unspecified atom stereocenters. The maximum Gasteiger partial charge on any atom is 0.307 e. The minimum Gasteiger partial charge on any atom is -0.469 e. The average molecular weight is 346 g/mol. The molecule has 0 heterocycles. The van der Waals surface area contributed by atoms with Crippen LogP contribution in [0.4, 0.5) is 0 Å². The first-order chi connectivity index (χ1) is 9.02. The monoisotopic (exact) mass is 345 g/mol. The number of rotatable bonds is 6. The summed E-state index contributed by atoms with van der Waals surface area (Å²) in [6.45, 7) is 0.381. The number of carbonyl (C=O) groups excluding carboxylic acids is 2. The van der Waals surface area contributed by atoms with E-state index in [0.29, 0.717) is 12.3 Å². The van der Waals surface area contributed by atoms with E-state index >= 15 is 0 Å². The first kappa shape index (κ1) is 16.0. The summed E-state index contributed by atoms with van der Waals surface area (Å²) < 4.78 is 5.55. The summed E-state index contributed by atoms with van der Waals surface area (Å²) in [7, 11) is 3.03. The van der Waals surface area contributed by atoms with Crippen LogP contribution >= 0.6 is 27.7 Å². The summed E-state index contributed by atoms with van der Waals surface area (Å²) in [5, 5.41) is 0. The molecule has 0 saturated heterocycles. The molecule has 6 heteroatoms. The van der Waals surface area contributed by atoms with E-state index in [1.165, 1.54) is 18.9 Å². The summed E-state index contributed by atoms with van der Waals surface area (Å²) in [4.78, 5) is 25.4. The van der Waals surface area contributed by atoms with E-state index in [-0.39, 0.29) is 18.3 Å². The average Bonchev–Trinajstić information content (AvgIpc) is 2.43. The molecule has 0 bridgehead atoms. The number of esters is 1. The molecule has 19 heavy (non-hydrogen) atoms. The predicted octanol–water partition coefficient (Wildman–Crippen LogP) is 2.56. The van der Waals surface area contributed by atoms with Crippen LogP contribution in [-0.4, -0.2) is 43.2 Å². The molecular weight excluding hydrogens is 330 g/mol. The topological polar surface area (TPSA) is 46.6 Å². The van der Waals surface area contributed by atoms with Gasteiger partial charge >= 0.3 is 5.97 Å². The van der Waals surface area contributed by atoms with Gasteiger partial charge in [-0.15, -0.1) is 11.8 Å². The van der Waals surface area contributed by atoms with Crippen molar-refractivity contribution >= 4 is 39.6 Å². The molecule has 0 aliphatic heterocycles. The van der Waals surface area contributed by atoms with Crippen molar-refractivity contribution in [3.05, 3.63) is 28.7 Å².